The number of hydrogen-bond acceptors (Lipinski definition) is 3. The topological polar surface area (TPSA) is 35.5 Å². The second kappa shape index (κ2) is 20.6. The Morgan fingerprint density at radius 3 is 1.97 bits per heavy atom. The lowest BCUT2D eigenvalue weighted by Crippen LogP contribution is -2.40. The molecule has 0 atom stereocenters. The summed E-state index contributed by atoms with van der Waals surface area (Å²) in [6.45, 7) is 4.91. The van der Waals surface area contributed by atoms with Crippen LogP contribution in [0.2, 0.25) is 0 Å². The lowest BCUT2D eigenvalue weighted by atomic mass is 10.0. The first-order valence-electron chi connectivity index (χ1n) is 15.7. The van der Waals surface area contributed by atoms with Crippen molar-refractivity contribution in [3.8, 4) is 5.75 Å². The van der Waals surface area contributed by atoms with Crippen molar-refractivity contribution in [1.29, 1.82) is 0 Å². The average molecular weight is 539 g/mol. The molecule has 0 bridgehead atoms. The zero-order chi connectivity index (χ0) is 28.0. The molecule has 0 saturated heterocycles. The van der Waals surface area contributed by atoms with Crippen molar-refractivity contribution in [2.75, 3.05) is 33.9 Å². The Hall–Kier alpha value is -2.33. The molecule has 0 N–H and O–H groups in total. The van der Waals surface area contributed by atoms with Crippen LogP contribution < -0.4 is 4.74 Å². The number of aryl methyl sites for hydroxylation is 1. The van der Waals surface area contributed by atoms with Crippen LogP contribution in [-0.4, -0.2) is 44.3 Å². The summed E-state index contributed by atoms with van der Waals surface area (Å²) in [6.07, 6.45) is 18.8. The third-order valence-electron chi connectivity index (χ3n) is 7.41. The first-order chi connectivity index (χ1) is 19.0. The minimum Gasteiger partial charge on any atom is -0.493 e. The molecule has 0 aromatic heterocycles. The van der Waals surface area contributed by atoms with Crippen LogP contribution in [0.3, 0.4) is 0 Å². The first kappa shape index (κ1) is 32.9. The van der Waals surface area contributed by atoms with E-state index < -0.39 is 0 Å². The normalized spacial score (nSPS) is 11.5. The van der Waals surface area contributed by atoms with Crippen molar-refractivity contribution in [3.05, 3.63) is 65.7 Å². The van der Waals surface area contributed by atoms with Crippen LogP contribution in [0.5, 0.6) is 5.75 Å². The van der Waals surface area contributed by atoms with Crippen molar-refractivity contribution < 1.29 is 18.8 Å². The maximum Gasteiger partial charge on any atom is 0.311 e. The van der Waals surface area contributed by atoms with Crippen LogP contribution in [0, 0.1) is 0 Å². The lowest BCUT2D eigenvalue weighted by molar-refractivity contribution is -0.903. The highest BCUT2D eigenvalue weighted by molar-refractivity contribution is 5.69. The molecule has 0 saturated carbocycles. The highest BCUT2D eigenvalue weighted by atomic mass is 16.5. The number of benzene rings is 2. The Morgan fingerprint density at radius 2 is 1.31 bits per heavy atom. The Bertz CT molecular complexity index is 880. The van der Waals surface area contributed by atoms with Gasteiger partial charge < -0.3 is 14.0 Å². The van der Waals surface area contributed by atoms with Gasteiger partial charge in [0.1, 0.15) is 12.3 Å². The Labute approximate surface area is 239 Å². The largest absolute Gasteiger partial charge is 0.493 e. The van der Waals surface area contributed by atoms with E-state index in [9.17, 15) is 4.79 Å². The van der Waals surface area contributed by atoms with Gasteiger partial charge in [0.25, 0.3) is 0 Å². The first-order valence-corrected chi connectivity index (χ1v) is 15.7. The number of hydrogen-bond donors (Lipinski definition) is 0. The van der Waals surface area contributed by atoms with Crippen molar-refractivity contribution in [3.63, 3.8) is 0 Å². The third kappa shape index (κ3) is 17.1. The summed E-state index contributed by atoms with van der Waals surface area (Å²) >= 11 is 0. The molecule has 218 valence electrons. The summed E-state index contributed by atoms with van der Waals surface area (Å²) in [5.74, 6) is 0.788. The van der Waals surface area contributed by atoms with Crippen molar-refractivity contribution in [2.24, 2.45) is 0 Å². The highest BCUT2D eigenvalue weighted by Crippen LogP contribution is 2.17. The molecular weight excluding hydrogens is 482 g/mol. The van der Waals surface area contributed by atoms with Gasteiger partial charge in [-0.15, -0.1) is 0 Å². The number of carbonyl (C=O) groups is 1. The van der Waals surface area contributed by atoms with E-state index >= 15 is 0 Å². The highest BCUT2D eigenvalue weighted by Gasteiger charge is 2.18. The van der Waals surface area contributed by atoms with Gasteiger partial charge in [-0.25, -0.2) is 0 Å². The van der Waals surface area contributed by atoms with Gasteiger partial charge in [-0.2, -0.15) is 0 Å². The fourth-order valence-electron chi connectivity index (χ4n) is 5.02. The summed E-state index contributed by atoms with van der Waals surface area (Å²) in [5, 5.41) is 0. The maximum atomic E-state index is 12.2. The van der Waals surface area contributed by atoms with E-state index in [0.717, 1.165) is 29.7 Å². The molecule has 0 aliphatic carbocycles. The average Bonchev–Trinajstić information content (AvgIpc) is 2.93. The van der Waals surface area contributed by atoms with Gasteiger partial charge in [0.15, 0.2) is 0 Å². The number of esters is 1. The molecular formula is C35H56NO3+. The minimum absolute atomic E-state index is 0.126. The molecule has 4 nitrogen and oxygen atoms in total. The van der Waals surface area contributed by atoms with Crippen molar-refractivity contribution in [1.82, 2.24) is 0 Å². The molecule has 0 aliphatic rings. The number of unbranched alkanes of at least 4 members (excludes halogenated alkanes) is 11. The van der Waals surface area contributed by atoms with Gasteiger partial charge in [-0.3, -0.25) is 4.79 Å². The molecule has 0 heterocycles. The maximum absolute atomic E-state index is 12.2. The fraction of sp³-hybridized carbons (Fsp3) is 0.629. The predicted octanol–water partition coefficient (Wildman–Crippen LogP) is 8.91. The van der Waals surface area contributed by atoms with Crippen LogP contribution >= 0.6 is 0 Å². The molecule has 2 aromatic carbocycles. The smallest absolute Gasteiger partial charge is 0.311 e. The molecule has 4 heteroatoms. The SMILES string of the molecule is CCCCCCCCCCCCCCc1cccc(OCCCOC(=O)CC[N+](C)(C)Cc2ccccc2)c1. The van der Waals surface area contributed by atoms with E-state index in [4.69, 9.17) is 9.47 Å². The van der Waals surface area contributed by atoms with E-state index in [1.807, 2.05) is 12.1 Å². The summed E-state index contributed by atoms with van der Waals surface area (Å²) in [7, 11) is 4.31. The summed E-state index contributed by atoms with van der Waals surface area (Å²) in [6, 6.07) is 18.9. The second-order valence-corrected chi connectivity index (χ2v) is 11.8. The zero-order valence-electron chi connectivity index (χ0n) is 25.3. The number of carbonyl (C=O) groups excluding carboxylic acids is 1. The van der Waals surface area contributed by atoms with Crippen LogP contribution in [0.15, 0.2) is 54.6 Å². The number of ether oxygens (including phenoxy) is 2. The number of nitrogens with zero attached hydrogens (tertiary/aromatic N) is 1. The minimum atomic E-state index is -0.126. The van der Waals surface area contributed by atoms with Gasteiger partial charge in [0.05, 0.1) is 40.3 Å². The Balaban J connectivity index is 1.47. The molecule has 0 aliphatic heterocycles. The summed E-state index contributed by atoms with van der Waals surface area (Å²) in [5.41, 5.74) is 2.63. The van der Waals surface area contributed by atoms with Gasteiger partial charge in [-0.05, 0) is 30.5 Å². The van der Waals surface area contributed by atoms with Crippen molar-refractivity contribution >= 4 is 5.97 Å². The molecule has 39 heavy (non-hydrogen) atoms. The lowest BCUT2D eigenvalue weighted by Gasteiger charge is -2.29. The predicted molar refractivity (Wildman–Crippen MR) is 164 cm³/mol. The van der Waals surface area contributed by atoms with Gasteiger partial charge in [0.2, 0.25) is 0 Å². The molecule has 0 unspecified atom stereocenters. The molecule has 2 aromatic rings. The number of rotatable bonds is 23. The van der Waals surface area contributed by atoms with E-state index in [0.29, 0.717) is 26.1 Å². The molecule has 2 rings (SSSR count). The van der Waals surface area contributed by atoms with Crippen LogP contribution in [0.25, 0.3) is 0 Å². The van der Waals surface area contributed by atoms with E-state index in [-0.39, 0.29) is 5.97 Å². The molecule has 0 fully saturated rings. The molecule has 0 spiro atoms. The van der Waals surface area contributed by atoms with Gasteiger partial charge in [-0.1, -0.05) is 120 Å². The van der Waals surface area contributed by atoms with E-state index in [2.05, 4.69) is 63.5 Å². The van der Waals surface area contributed by atoms with E-state index in [1.165, 1.54) is 88.2 Å². The Morgan fingerprint density at radius 1 is 0.692 bits per heavy atom. The third-order valence-corrected chi connectivity index (χ3v) is 7.41. The molecule has 0 amide bonds. The van der Waals surface area contributed by atoms with Gasteiger partial charge >= 0.3 is 5.97 Å². The quantitative estimate of drug-likeness (QED) is 0.0805. The summed E-state index contributed by atoms with van der Waals surface area (Å²) < 4.78 is 12.1. The fourth-order valence-corrected chi connectivity index (χ4v) is 5.02. The molecule has 0 radical (unpaired) electrons. The van der Waals surface area contributed by atoms with Crippen molar-refractivity contribution in [2.45, 2.75) is 110 Å². The standard InChI is InChI=1S/C35H56NO3/c1-4-5-6-7-8-9-10-11-12-13-14-16-21-32-24-19-25-34(30-32)38-28-20-29-39-35(37)26-27-36(2,3)31-33-22-17-15-18-23-33/h15,17-19,22-25,30H,4-14,16,20-21,26-29,31H2,1-3H3/q+1. The summed E-state index contributed by atoms with van der Waals surface area (Å²) in [4.78, 5) is 12.2. The van der Waals surface area contributed by atoms with Crippen LogP contribution in [0.4, 0.5) is 0 Å². The monoisotopic (exact) mass is 538 g/mol. The van der Waals surface area contributed by atoms with Gasteiger partial charge in [0, 0.05) is 12.0 Å². The van der Waals surface area contributed by atoms with Crippen LogP contribution in [0.1, 0.15) is 108 Å². The second-order valence-electron chi connectivity index (χ2n) is 11.8. The Kier molecular flexibility index (Phi) is 17.3. The van der Waals surface area contributed by atoms with Crippen LogP contribution in [-0.2, 0) is 22.5 Å². The zero-order valence-corrected chi connectivity index (χ0v) is 25.3. The van der Waals surface area contributed by atoms with E-state index in [1.54, 1.807) is 0 Å². The number of quaternary nitrogens is 1.